The number of benzene rings is 2. The third kappa shape index (κ3) is 3.92. The Morgan fingerprint density at radius 1 is 0.692 bits per heavy atom. The van der Waals surface area contributed by atoms with Gasteiger partial charge in [-0.05, 0) is 45.9 Å². The van der Waals surface area contributed by atoms with Gasteiger partial charge in [0.05, 0.1) is 0 Å². The third-order valence-corrected chi connectivity index (χ3v) is 5.16. The predicted molar refractivity (Wildman–Crippen MR) is 112 cm³/mol. The van der Waals surface area contributed by atoms with Gasteiger partial charge in [0, 0.05) is 11.1 Å². The zero-order chi connectivity index (χ0) is 19.7. The summed E-state index contributed by atoms with van der Waals surface area (Å²) in [4.78, 5) is 13.6. The largest absolute Gasteiger partial charge is 0.289 e. The van der Waals surface area contributed by atoms with E-state index in [9.17, 15) is 4.79 Å². The van der Waals surface area contributed by atoms with E-state index in [1.807, 2.05) is 24.3 Å². The maximum absolute atomic E-state index is 13.6. The highest BCUT2D eigenvalue weighted by Crippen LogP contribution is 2.32. The minimum absolute atomic E-state index is 0.0302. The molecule has 0 aliphatic carbocycles. The van der Waals surface area contributed by atoms with Crippen LogP contribution < -0.4 is 0 Å². The molecule has 0 aliphatic heterocycles. The lowest BCUT2D eigenvalue weighted by atomic mass is 9.78. The molecule has 0 saturated heterocycles. The summed E-state index contributed by atoms with van der Waals surface area (Å²) in [6.07, 6.45) is 1.74. The van der Waals surface area contributed by atoms with Crippen molar-refractivity contribution in [2.24, 2.45) is 0 Å². The van der Waals surface area contributed by atoms with Crippen molar-refractivity contribution in [3.05, 3.63) is 69.8 Å². The van der Waals surface area contributed by atoms with Crippen LogP contribution in [0.4, 0.5) is 0 Å². The van der Waals surface area contributed by atoms with Gasteiger partial charge in [-0.1, -0.05) is 91.8 Å². The summed E-state index contributed by atoms with van der Waals surface area (Å²) < 4.78 is 0. The van der Waals surface area contributed by atoms with E-state index in [1.165, 1.54) is 22.3 Å². The molecule has 2 rings (SSSR count). The molecule has 0 amide bonds. The highest BCUT2D eigenvalue weighted by atomic mass is 16.1. The smallest absolute Gasteiger partial charge is 0.193 e. The van der Waals surface area contributed by atoms with Crippen molar-refractivity contribution in [2.75, 3.05) is 0 Å². The zero-order valence-corrected chi connectivity index (χ0v) is 17.8. The summed E-state index contributed by atoms with van der Waals surface area (Å²) in [7, 11) is 0. The van der Waals surface area contributed by atoms with Crippen LogP contribution in [0.5, 0.6) is 0 Å². The molecular formula is C25H34O. The van der Waals surface area contributed by atoms with Gasteiger partial charge in [0.1, 0.15) is 0 Å². The summed E-state index contributed by atoms with van der Waals surface area (Å²) in [6.45, 7) is 17.6. The molecule has 0 atom stereocenters. The molecule has 0 heterocycles. The third-order valence-electron chi connectivity index (χ3n) is 5.16. The number of rotatable bonds is 4. The maximum Gasteiger partial charge on any atom is 0.193 e. The Labute approximate surface area is 159 Å². The van der Waals surface area contributed by atoms with Crippen LogP contribution in [0.1, 0.15) is 93.6 Å². The van der Waals surface area contributed by atoms with Gasteiger partial charge in [0.15, 0.2) is 5.78 Å². The Morgan fingerprint density at radius 2 is 1.04 bits per heavy atom. The summed E-state index contributed by atoms with van der Waals surface area (Å²) in [5, 5.41) is 0. The van der Waals surface area contributed by atoms with Crippen molar-refractivity contribution in [1.29, 1.82) is 0 Å². The van der Waals surface area contributed by atoms with Crippen molar-refractivity contribution in [3.8, 4) is 0 Å². The van der Waals surface area contributed by atoms with Crippen LogP contribution in [-0.4, -0.2) is 5.78 Å². The Kier molecular flexibility index (Phi) is 5.80. The number of carbonyl (C=O) groups is 1. The molecule has 0 bridgehead atoms. The Balaban J connectivity index is 2.69. The van der Waals surface area contributed by atoms with Gasteiger partial charge >= 0.3 is 0 Å². The van der Waals surface area contributed by atoms with Gasteiger partial charge in [-0.25, -0.2) is 0 Å². The van der Waals surface area contributed by atoms with Gasteiger partial charge in [0.2, 0.25) is 0 Å². The molecule has 0 saturated carbocycles. The fourth-order valence-corrected chi connectivity index (χ4v) is 3.91. The highest BCUT2D eigenvalue weighted by molar-refractivity contribution is 6.11. The number of ketones is 1. The molecular weight excluding hydrogens is 316 g/mol. The topological polar surface area (TPSA) is 17.1 Å². The van der Waals surface area contributed by atoms with Crippen LogP contribution in [0, 0.1) is 0 Å². The van der Waals surface area contributed by atoms with Crippen LogP contribution >= 0.6 is 0 Å². The monoisotopic (exact) mass is 350 g/mol. The first-order valence-electron chi connectivity index (χ1n) is 9.81. The van der Waals surface area contributed by atoms with Crippen LogP contribution in [0.25, 0.3) is 0 Å². The van der Waals surface area contributed by atoms with Crippen molar-refractivity contribution in [2.45, 2.75) is 79.1 Å². The second-order valence-electron chi connectivity index (χ2n) is 9.20. The van der Waals surface area contributed by atoms with E-state index in [4.69, 9.17) is 0 Å². The summed E-state index contributed by atoms with van der Waals surface area (Å²) >= 11 is 0. The molecule has 0 aromatic heterocycles. The Hall–Kier alpha value is -1.89. The van der Waals surface area contributed by atoms with E-state index in [0.717, 1.165) is 24.0 Å². The van der Waals surface area contributed by atoms with Crippen LogP contribution in [0.15, 0.2) is 36.4 Å². The summed E-state index contributed by atoms with van der Waals surface area (Å²) in [5.41, 5.74) is 6.71. The average molecular weight is 351 g/mol. The predicted octanol–water partition coefficient (Wildman–Crippen LogP) is 6.64. The van der Waals surface area contributed by atoms with E-state index in [2.05, 4.69) is 67.5 Å². The van der Waals surface area contributed by atoms with Gasteiger partial charge in [0.25, 0.3) is 0 Å². The molecule has 1 heteroatoms. The van der Waals surface area contributed by atoms with E-state index >= 15 is 0 Å². The van der Waals surface area contributed by atoms with E-state index in [0.29, 0.717) is 0 Å². The molecule has 0 spiro atoms. The fraction of sp³-hybridized carbons (Fsp3) is 0.480. The van der Waals surface area contributed by atoms with E-state index in [1.54, 1.807) is 0 Å². The minimum Gasteiger partial charge on any atom is -0.289 e. The molecule has 0 fully saturated rings. The number of hydrogen-bond acceptors (Lipinski definition) is 1. The average Bonchev–Trinajstić information content (AvgIpc) is 2.58. The van der Waals surface area contributed by atoms with Gasteiger partial charge in [-0.3, -0.25) is 4.79 Å². The first-order valence-corrected chi connectivity index (χ1v) is 9.81. The SMILES string of the molecule is CCc1c(C(=O)c2cccc(C(C)(C)C)c2CC)cccc1C(C)(C)C. The van der Waals surface area contributed by atoms with Crippen molar-refractivity contribution >= 4 is 5.78 Å². The standard InChI is InChI=1S/C25H34O/c1-9-17-19(13-11-15-21(17)24(3,4)5)23(26)20-14-12-16-22(18(20)10-2)25(6,7)8/h11-16H,9-10H2,1-8H3. The van der Waals surface area contributed by atoms with E-state index in [-0.39, 0.29) is 16.6 Å². The van der Waals surface area contributed by atoms with Gasteiger partial charge < -0.3 is 0 Å². The quantitative estimate of drug-likeness (QED) is 0.565. The Bertz CT molecular complexity index is 730. The van der Waals surface area contributed by atoms with Crippen LogP contribution in [0.3, 0.4) is 0 Å². The molecule has 0 aliphatic rings. The number of hydrogen-bond donors (Lipinski definition) is 0. The van der Waals surface area contributed by atoms with Crippen LogP contribution in [0.2, 0.25) is 0 Å². The van der Waals surface area contributed by atoms with Crippen molar-refractivity contribution < 1.29 is 4.79 Å². The molecule has 2 aromatic carbocycles. The molecule has 140 valence electrons. The molecule has 26 heavy (non-hydrogen) atoms. The maximum atomic E-state index is 13.6. The van der Waals surface area contributed by atoms with Gasteiger partial charge in [-0.15, -0.1) is 0 Å². The molecule has 0 unspecified atom stereocenters. The van der Waals surface area contributed by atoms with Crippen molar-refractivity contribution in [1.82, 2.24) is 0 Å². The highest BCUT2D eigenvalue weighted by Gasteiger charge is 2.25. The lowest BCUT2D eigenvalue weighted by molar-refractivity contribution is 0.103. The molecule has 0 N–H and O–H groups in total. The molecule has 2 aromatic rings. The summed E-state index contributed by atoms with van der Waals surface area (Å²) in [5.74, 6) is 0.163. The van der Waals surface area contributed by atoms with Crippen molar-refractivity contribution in [3.63, 3.8) is 0 Å². The fourth-order valence-electron chi connectivity index (χ4n) is 3.91. The van der Waals surface area contributed by atoms with Gasteiger partial charge in [-0.2, -0.15) is 0 Å². The van der Waals surface area contributed by atoms with Crippen LogP contribution in [-0.2, 0) is 23.7 Å². The lowest BCUT2D eigenvalue weighted by Crippen LogP contribution is -2.20. The summed E-state index contributed by atoms with van der Waals surface area (Å²) in [6, 6.07) is 12.4. The lowest BCUT2D eigenvalue weighted by Gasteiger charge is -2.26. The Morgan fingerprint density at radius 3 is 1.31 bits per heavy atom. The first-order chi connectivity index (χ1) is 12.0. The first kappa shape index (κ1) is 20.4. The second kappa shape index (κ2) is 7.39. The molecule has 0 radical (unpaired) electrons. The molecule has 1 nitrogen and oxygen atoms in total. The normalized spacial score (nSPS) is 12.3. The zero-order valence-electron chi connectivity index (χ0n) is 17.8. The second-order valence-corrected chi connectivity index (χ2v) is 9.20. The van der Waals surface area contributed by atoms with E-state index < -0.39 is 0 Å². The number of carbonyl (C=O) groups excluding carboxylic acids is 1. The minimum atomic E-state index is 0.0302.